The highest BCUT2D eigenvalue weighted by Gasteiger charge is 2.15. The summed E-state index contributed by atoms with van der Waals surface area (Å²) in [6.07, 6.45) is 0.0805. The van der Waals surface area contributed by atoms with Crippen LogP contribution in [0, 0.1) is 0 Å². The molecule has 0 radical (unpaired) electrons. The number of methoxy groups -OCH3 is 1. The lowest BCUT2D eigenvalue weighted by Gasteiger charge is -2.21. The average molecular weight is 335 g/mol. The lowest BCUT2D eigenvalue weighted by atomic mass is 10.1. The van der Waals surface area contributed by atoms with Gasteiger partial charge in [-0.3, -0.25) is 0 Å². The molecule has 0 saturated heterocycles. The molecule has 2 rings (SSSR count). The van der Waals surface area contributed by atoms with E-state index in [4.69, 9.17) is 9.47 Å². The van der Waals surface area contributed by atoms with Gasteiger partial charge < -0.3 is 9.47 Å². The number of halogens is 1. The van der Waals surface area contributed by atoms with E-state index in [1.165, 1.54) is 5.56 Å². The third-order valence-electron chi connectivity index (χ3n) is 3.27. The third kappa shape index (κ3) is 3.84. The zero-order chi connectivity index (χ0) is 14.4. The van der Waals surface area contributed by atoms with E-state index in [0.29, 0.717) is 0 Å². The molecule has 0 bridgehead atoms. The van der Waals surface area contributed by atoms with Crippen molar-refractivity contribution in [2.45, 2.75) is 19.1 Å². The van der Waals surface area contributed by atoms with Crippen LogP contribution in [0.1, 0.15) is 30.3 Å². The number of alkyl halides is 1. The predicted molar refractivity (Wildman–Crippen MR) is 85.5 cm³/mol. The Morgan fingerprint density at radius 2 is 1.60 bits per heavy atom. The van der Waals surface area contributed by atoms with Crippen molar-refractivity contribution < 1.29 is 9.47 Å². The van der Waals surface area contributed by atoms with E-state index in [9.17, 15) is 0 Å². The fraction of sp³-hybridized carbons (Fsp3) is 0.294. The Morgan fingerprint density at radius 3 is 2.15 bits per heavy atom. The molecule has 0 spiro atoms. The summed E-state index contributed by atoms with van der Waals surface area (Å²) >= 11 is 3.53. The van der Waals surface area contributed by atoms with E-state index in [1.807, 2.05) is 42.5 Å². The first kappa shape index (κ1) is 15.1. The first-order valence-electron chi connectivity index (χ1n) is 6.65. The monoisotopic (exact) mass is 334 g/mol. The number of hydrogen-bond acceptors (Lipinski definition) is 2. The zero-order valence-corrected chi connectivity index (χ0v) is 13.3. The van der Waals surface area contributed by atoms with E-state index in [1.54, 1.807) is 7.11 Å². The Kier molecular flexibility index (Phi) is 5.62. The van der Waals surface area contributed by atoms with Gasteiger partial charge in [0.2, 0.25) is 0 Å². The molecule has 106 valence electrons. The fourth-order valence-corrected chi connectivity index (χ4v) is 2.60. The first-order valence-corrected chi connectivity index (χ1v) is 7.77. The molecule has 2 nitrogen and oxygen atoms in total. The molecule has 0 amide bonds. The molecule has 0 aliphatic heterocycles. The number of rotatable bonds is 6. The molecule has 2 unspecified atom stereocenters. The van der Waals surface area contributed by atoms with Gasteiger partial charge in [-0.15, -0.1) is 0 Å². The minimum absolute atomic E-state index is 0.0242. The second kappa shape index (κ2) is 7.46. The second-order valence-corrected chi connectivity index (χ2v) is 5.25. The average Bonchev–Trinajstić information content (AvgIpc) is 2.53. The van der Waals surface area contributed by atoms with Crippen LogP contribution in [-0.4, -0.2) is 12.4 Å². The molecular formula is C17H19BrO2. The summed E-state index contributed by atoms with van der Waals surface area (Å²) < 4.78 is 11.3. The van der Waals surface area contributed by atoms with Gasteiger partial charge in [0.1, 0.15) is 5.75 Å². The third-order valence-corrected chi connectivity index (χ3v) is 3.85. The summed E-state index contributed by atoms with van der Waals surface area (Å²) in [5.74, 6) is 0.859. The predicted octanol–water partition coefficient (Wildman–Crippen LogP) is 4.91. The zero-order valence-electron chi connectivity index (χ0n) is 11.8. The summed E-state index contributed by atoms with van der Waals surface area (Å²) in [5.41, 5.74) is 2.33. The maximum Gasteiger partial charge on any atom is 0.118 e. The van der Waals surface area contributed by atoms with E-state index in [0.717, 1.165) is 16.6 Å². The van der Waals surface area contributed by atoms with E-state index in [-0.39, 0.29) is 12.2 Å². The van der Waals surface area contributed by atoms with Crippen LogP contribution in [0.5, 0.6) is 5.75 Å². The van der Waals surface area contributed by atoms with Crippen LogP contribution >= 0.6 is 15.9 Å². The van der Waals surface area contributed by atoms with Gasteiger partial charge in [-0.05, 0) is 30.2 Å². The van der Waals surface area contributed by atoms with Crippen LogP contribution < -0.4 is 4.74 Å². The molecule has 20 heavy (non-hydrogen) atoms. The van der Waals surface area contributed by atoms with Crippen molar-refractivity contribution in [3.8, 4) is 5.75 Å². The Hall–Kier alpha value is -1.32. The summed E-state index contributed by atoms with van der Waals surface area (Å²) in [4.78, 5) is 0. The van der Waals surface area contributed by atoms with Crippen LogP contribution in [0.4, 0.5) is 0 Å². The molecule has 0 fully saturated rings. The summed E-state index contributed by atoms with van der Waals surface area (Å²) in [5, 5.41) is 0.760. The first-order chi connectivity index (χ1) is 9.74. The van der Waals surface area contributed by atoms with Crippen molar-refractivity contribution in [2.24, 2.45) is 0 Å². The maximum atomic E-state index is 6.16. The standard InChI is InChI=1S/C17H19BrO2/c1-13(14-6-4-3-5-7-14)20-17(12-18)15-8-10-16(19-2)11-9-15/h3-11,13,17H,12H2,1-2H3. The smallest absolute Gasteiger partial charge is 0.118 e. The molecule has 2 aromatic carbocycles. The molecule has 0 aliphatic rings. The van der Waals surface area contributed by atoms with Gasteiger partial charge in [-0.2, -0.15) is 0 Å². The quantitative estimate of drug-likeness (QED) is 0.699. The van der Waals surface area contributed by atoms with Gasteiger partial charge in [-0.25, -0.2) is 0 Å². The highest BCUT2D eigenvalue weighted by atomic mass is 79.9. The highest BCUT2D eigenvalue weighted by Crippen LogP contribution is 2.28. The molecule has 2 aromatic rings. The molecule has 2 atom stereocenters. The summed E-state index contributed by atoms with van der Waals surface area (Å²) in [6.45, 7) is 2.08. The number of ether oxygens (including phenoxy) is 2. The molecule has 3 heteroatoms. The van der Waals surface area contributed by atoms with Crippen LogP contribution in [0.25, 0.3) is 0 Å². The Balaban J connectivity index is 2.08. The minimum atomic E-state index is 0.0242. The van der Waals surface area contributed by atoms with Gasteiger partial charge in [0.25, 0.3) is 0 Å². The van der Waals surface area contributed by atoms with Crippen LogP contribution in [0.3, 0.4) is 0 Å². The molecule has 0 N–H and O–H groups in total. The highest BCUT2D eigenvalue weighted by molar-refractivity contribution is 9.09. The lowest BCUT2D eigenvalue weighted by Crippen LogP contribution is -2.09. The van der Waals surface area contributed by atoms with Crippen LogP contribution in [0.15, 0.2) is 54.6 Å². The van der Waals surface area contributed by atoms with Crippen molar-refractivity contribution in [1.82, 2.24) is 0 Å². The van der Waals surface area contributed by atoms with Gasteiger partial charge in [-0.1, -0.05) is 58.4 Å². The van der Waals surface area contributed by atoms with Gasteiger partial charge >= 0.3 is 0 Å². The van der Waals surface area contributed by atoms with Crippen molar-refractivity contribution >= 4 is 15.9 Å². The Bertz CT molecular complexity index is 510. The van der Waals surface area contributed by atoms with Gasteiger partial charge in [0, 0.05) is 5.33 Å². The molecule has 0 aliphatic carbocycles. The van der Waals surface area contributed by atoms with Crippen molar-refractivity contribution in [3.05, 3.63) is 65.7 Å². The van der Waals surface area contributed by atoms with Gasteiger partial charge in [0.15, 0.2) is 0 Å². The second-order valence-electron chi connectivity index (χ2n) is 4.61. The Labute approximate surface area is 128 Å². The number of hydrogen-bond donors (Lipinski definition) is 0. The molecule has 0 heterocycles. The molecule has 0 aromatic heterocycles. The number of benzene rings is 2. The van der Waals surface area contributed by atoms with Crippen LogP contribution in [-0.2, 0) is 4.74 Å². The minimum Gasteiger partial charge on any atom is -0.497 e. The Morgan fingerprint density at radius 1 is 0.950 bits per heavy atom. The largest absolute Gasteiger partial charge is 0.497 e. The topological polar surface area (TPSA) is 18.5 Å². The van der Waals surface area contributed by atoms with Crippen molar-refractivity contribution in [1.29, 1.82) is 0 Å². The SMILES string of the molecule is COc1ccc(C(CBr)OC(C)c2ccccc2)cc1. The summed E-state index contributed by atoms with van der Waals surface area (Å²) in [6, 6.07) is 18.3. The molecular weight excluding hydrogens is 316 g/mol. The summed E-state index contributed by atoms with van der Waals surface area (Å²) in [7, 11) is 1.67. The van der Waals surface area contributed by atoms with E-state index >= 15 is 0 Å². The van der Waals surface area contributed by atoms with Crippen molar-refractivity contribution in [3.63, 3.8) is 0 Å². The van der Waals surface area contributed by atoms with Crippen LogP contribution in [0.2, 0.25) is 0 Å². The maximum absolute atomic E-state index is 6.16. The molecule has 0 saturated carbocycles. The lowest BCUT2D eigenvalue weighted by molar-refractivity contribution is 0.00930. The fourth-order valence-electron chi connectivity index (χ4n) is 2.07. The van der Waals surface area contributed by atoms with Gasteiger partial charge in [0.05, 0.1) is 19.3 Å². The van der Waals surface area contributed by atoms with Crippen molar-refractivity contribution in [2.75, 3.05) is 12.4 Å². The van der Waals surface area contributed by atoms with E-state index < -0.39 is 0 Å². The van der Waals surface area contributed by atoms with E-state index in [2.05, 4.69) is 35.0 Å². The normalized spacial score (nSPS) is 13.8.